The van der Waals surface area contributed by atoms with Gasteiger partial charge < -0.3 is 9.47 Å². The van der Waals surface area contributed by atoms with Gasteiger partial charge in [-0.1, -0.05) is 0 Å². The Hall–Kier alpha value is -3.72. The number of ether oxygens (including phenoxy) is 2. The van der Waals surface area contributed by atoms with Gasteiger partial charge in [-0.2, -0.15) is 9.80 Å². The number of benzene rings is 2. The van der Waals surface area contributed by atoms with E-state index in [9.17, 15) is 4.79 Å². The number of rotatable bonds is 7. The van der Waals surface area contributed by atoms with Crippen LogP contribution in [-0.4, -0.2) is 28.5 Å². The Morgan fingerprint density at radius 3 is 2.45 bits per heavy atom. The predicted molar refractivity (Wildman–Crippen MR) is 121 cm³/mol. The van der Waals surface area contributed by atoms with Crippen LogP contribution in [0.25, 0.3) is 16.4 Å². The van der Waals surface area contributed by atoms with E-state index in [2.05, 4.69) is 20.3 Å². The van der Waals surface area contributed by atoms with Crippen molar-refractivity contribution < 1.29 is 9.47 Å². The van der Waals surface area contributed by atoms with Crippen LogP contribution < -0.4 is 15.0 Å². The first-order valence-corrected chi connectivity index (χ1v) is 10.5. The van der Waals surface area contributed by atoms with Gasteiger partial charge in [0, 0.05) is 10.9 Å². The van der Waals surface area contributed by atoms with Crippen molar-refractivity contribution in [2.75, 3.05) is 13.7 Å². The lowest BCUT2D eigenvalue weighted by Crippen LogP contribution is -2.13. The molecule has 0 aliphatic carbocycles. The maximum absolute atomic E-state index is 12.9. The van der Waals surface area contributed by atoms with Crippen LogP contribution in [0.2, 0.25) is 0 Å². The number of nitrogens with one attached hydrogen (secondary N) is 1. The Kier molecular flexibility index (Phi) is 5.94. The van der Waals surface area contributed by atoms with E-state index in [-0.39, 0.29) is 11.2 Å². The molecule has 0 saturated carbocycles. The van der Waals surface area contributed by atoms with Gasteiger partial charge in [0.25, 0.3) is 0 Å². The van der Waals surface area contributed by atoms with Gasteiger partial charge in [0.05, 0.1) is 30.8 Å². The molecule has 2 aromatic carbocycles. The van der Waals surface area contributed by atoms with Crippen LogP contribution in [0.15, 0.2) is 68.9 Å². The number of azo groups is 1. The Balaban J connectivity index is 1.58. The summed E-state index contributed by atoms with van der Waals surface area (Å²) in [6.07, 6.45) is 0. The molecule has 0 saturated heterocycles. The van der Waals surface area contributed by atoms with E-state index in [1.807, 2.05) is 48.7 Å². The molecule has 0 radical (unpaired) electrons. The molecule has 0 amide bonds. The van der Waals surface area contributed by atoms with E-state index in [1.165, 1.54) is 16.0 Å². The number of H-pyrrole nitrogens is 1. The zero-order valence-corrected chi connectivity index (χ0v) is 18.1. The number of aryl methyl sites for hydroxylation is 1. The highest BCUT2D eigenvalue weighted by Crippen LogP contribution is 2.26. The summed E-state index contributed by atoms with van der Waals surface area (Å²) in [4.78, 5) is 17.5. The molecule has 4 rings (SSSR count). The normalized spacial score (nSPS) is 11.2. The van der Waals surface area contributed by atoms with Crippen molar-refractivity contribution in [3.63, 3.8) is 0 Å². The Morgan fingerprint density at radius 2 is 1.77 bits per heavy atom. The minimum Gasteiger partial charge on any atom is -0.497 e. The summed E-state index contributed by atoms with van der Waals surface area (Å²) in [6, 6.07) is 14.8. The average molecular weight is 436 g/mol. The maximum atomic E-state index is 12.9. The van der Waals surface area contributed by atoms with Crippen LogP contribution in [0.4, 0.5) is 11.4 Å². The van der Waals surface area contributed by atoms with Crippen molar-refractivity contribution in [1.82, 2.24) is 14.8 Å². The number of aromatic nitrogens is 3. The van der Waals surface area contributed by atoms with E-state index in [1.54, 1.807) is 26.2 Å². The van der Waals surface area contributed by atoms with E-state index >= 15 is 0 Å². The van der Waals surface area contributed by atoms with Crippen molar-refractivity contribution in [1.29, 1.82) is 0 Å². The Bertz CT molecular complexity index is 1250. The molecule has 0 bridgehead atoms. The fraction of sp³-hybridized carbons (Fsp3) is 0.182. The van der Waals surface area contributed by atoms with Crippen LogP contribution in [0.5, 0.6) is 11.5 Å². The summed E-state index contributed by atoms with van der Waals surface area (Å²) in [5, 5.41) is 13.8. The molecular weight excluding hydrogens is 414 g/mol. The van der Waals surface area contributed by atoms with Gasteiger partial charge in [0.1, 0.15) is 11.5 Å². The zero-order chi connectivity index (χ0) is 21.8. The van der Waals surface area contributed by atoms with E-state index < -0.39 is 0 Å². The van der Waals surface area contributed by atoms with Crippen molar-refractivity contribution in [3.8, 4) is 27.9 Å². The van der Waals surface area contributed by atoms with E-state index in [0.29, 0.717) is 23.1 Å². The predicted octanol–water partition coefficient (Wildman–Crippen LogP) is 5.42. The quantitative estimate of drug-likeness (QED) is 0.392. The molecular formula is C22H21N5O3S. The minimum absolute atomic E-state index is 0.245. The summed E-state index contributed by atoms with van der Waals surface area (Å²) in [6.45, 7) is 4.30. The Labute approximate surface area is 182 Å². The zero-order valence-electron chi connectivity index (χ0n) is 17.3. The molecule has 0 spiro atoms. The molecule has 9 heteroatoms. The third-order valence-corrected chi connectivity index (χ3v) is 5.35. The molecule has 2 aromatic heterocycles. The maximum Gasteiger partial charge on any atom is 0.301 e. The van der Waals surface area contributed by atoms with Crippen molar-refractivity contribution in [2.24, 2.45) is 10.2 Å². The third-order valence-electron chi connectivity index (χ3n) is 4.52. The smallest absolute Gasteiger partial charge is 0.301 e. The van der Waals surface area contributed by atoms with Crippen molar-refractivity contribution in [3.05, 3.63) is 70.0 Å². The van der Waals surface area contributed by atoms with Crippen LogP contribution >= 0.6 is 11.3 Å². The van der Waals surface area contributed by atoms with Gasteiger partial charge in [-0.3, -0.25) is 9.89 Å². The van der Waals surface area contributed by atoms with Gasteiger partial charge in [0.2, 0.25) is 5.13 Å². The molecule has 1 N–H and O–H groups in total. The van der Waals surface area contributed by atoms with Crippen LogP contribution in [-0.2, 0) is 0 Å². The molecule has 0 aliphatic heterocycles. The fourth-order valence-corrected chi connectivity index (χ4v) is 3.73. The van der Waals surface area contributed by atoms with Gasteiger partial charge >= 0.3 is 5.56 Å². The first-order valence-electron chi connectivity index (χ1n) is 9.65. The lowest BCUT2D eigenvalue weighted by atomic mass is 10.2. The number of hydrogen-bond donors (Lipinski definition) is 1. The summed E-state index contributed by atoms with van der Waals surface area (Å²) >= 11 is 1.37. The number of aromatic amines is 1. The monoisotopic (exact) mass is 435 g/mol. The molecule has 158 valence electrons. The first-order chi connectivity index (χ1) is 15.1. The molecule has 31 heavy (non-hydrogen) atoms. The van der Waals surface area contributed by atoms with Gasteiger partial charge in [-0.15, -0.1) is 16.5 Å². The van der Waals surface area contributed by atoms with Crippen molar-refractivity contribution in [2.45, 2.75) is 13.8 Å². The highest BCUT2D eigenvalue weighted by Gasteiger charge is 2.15. The van der Waals surface area contributed by atoms with Gasteiger partial charge in [0.15, 0.2) is 5.69 Å². The molecule has 0 fully saturated rings. The van der Waals surface area contributed by atoms with Crippen LogP contribution in [0.1, 0.15) is 12.6 Å². The largest absolute Gasteiger partial charge is 0.497 e. The van der Waals surface area contributed by atoms with Gasteiger partial charge in [-0.25, -0.2) is 4.98 Å². The summed E-state index contributed by atoms with van der Waals surface area (Å²) < 4.78 is 12.0. The Morgan fingerprint density at radius 1 is 1.06 bits per heavy atom. The SMILES string of the molecule is CCOc1ccc(N=Nc2c(C)[nH]n(-c3nc(-c4ccc(OC)cc4)cs3)c2=O)cc1. The molecule has 0 atom stereocenters. The topological polar surface area (TPSA) is 93.9 Å². The number of nitrogens with zero attached hydrogens (tertiary/aromatic N) is 4. The van der Waals surface area contributed by atoms with Crippen LogP contribution in [0.3, 0.4) is 0 Å². The second-order valence-electron chi connectivity index (χ2n) is 6.60. The summed E-state index contributed by atoms with van der Waals surface area (Å²) in [7, 11) is 1.63. The molecule has 2 heterocycles. The molecule has 0 aliphatic rings. The summed E-state index contributed by atoms with van der Waals surface area (Å²) in [5.74, 6) is 1.54. The number of hydrogen-bond acceptors (Lipinski definition) is 7. The second-order valence-corrected chi connectivity index (χ2v) is 7.43. The fourth-order valence-electron chi connectivity index (χ4n) is 2.93. The minimum atomic E-state index is -0.303. The van der Waals surface area contributed by atoms with E-state index in [4.69, 9.17) is 9.47 Å². The lowest BCUT2D eigenvalue weighted by Gasteiger charge is -2.01. The molecule has 8 nitrogen and oxygen atoms in total. The van der Waals surface area contributed by atoms with E-state index in [0.717, 1.165) is 22.8 Å². The molecule has 0 unspecified atom stereocenters. The van der Waals surface area contributed by atoms with Crippen molar-refractivity contribution >= 4 is 22.7 Å². The van der Waals surface area contributed by atoms with Crippen LogP contribution in [0, 0.1) is 6.92 Å². The second kappa shape index (κ2) is 8.97. The standard InChI is InChI=1S/C22H21N5O3S/c1-4-30-18-11-7-16(8-12-18)24-25-20-14(2)26-27(21(20)28)22-23-19(13-31-22)15-5-9-17(29-3)10-6-15/h5-13,26H,4H2,1-3H3. The third kappa shape index (κ3) is 4.41. The highest BCUT2D eigenvalue weighted by atomic mass is 32.1. The highest BCUT2D eigenvalue weighted by molar-refractivity contribution is 7.12. The summed E-state index contributed by atoms with van der Waals surface area (Å²) in [5.41, 5.74) is 2.90. The average Bonchev–Trinajstić information content (AvgIpc) is 3.38. The van der Waals surface area contributed by atoms with Gasteiger partial charge in [-0.05, 0) is 62.4 Å². The lowest BCUT2D eigenvalue weighted by molar-refractivity contribution is 0.340. The number of methoxy groups -OCH3 is 1. The molecule has 4 aromatic rings. The number of thiazole rings is 1. The first kappa shape index (κ1) is 20.5.